The molecule has 3 aromatic rings. The third-order valence-corrected chi connectivity index (χ3v) is 7.21. The quantitative estimate of drug-likeness (QED) is 0.616. The van der Waals surface area contributed by atoms with Crippen LogP contribution in [0.2, 0.25) is 0 Å². The Morgan fingerprint density at radius 3 is 2.09 bits per heavy atom. The minimum atomic E-state index is -4.24. The lowest BCUT2D eigenvalue weighted by molar-refractivity contribution is -0.117. The van der Waals surface area contributed by atoms with Crippen LogP contribution in [0.15, 0.2) is 88.4 Å². The molecule has 8 heteroatoms. The summed E-state index contributed by atoms with van der Waals surface area (Å²) >= 11 is 0. The van der Waals surface area contributed by atoms with Crippen LogP contribution in [0.25, 0.3) is 0 Å². The van der Waals surface area contributed by atoms with Gasteiger partial charge in [-0.2, -0.15) is 0 Å². The molecular formula is C24H20FNO5S. The first-order chi connectivity index (χ1) is 15.2. The summed E-state index contributed by atoms with van der Waals surface area (Å²) in [6.07, 6.45) is 0. The highest BCUT2D eigenvalue weighted by Gasteiger charge is 2.47. The summed E-state index contributed by atoms with van der Waals surface area (Å²) in [5.41, 5.74) is 1.56. The summed E-state index contributed by atoms with van der Waals surface area (Å²) in [7, 11) is -2.74. The van der Waals surface area contributed by atoms with Gasteiger partial charge in [0.25, 0.3) is 5.91 Å². The normalized spacial score (nSPS) is 16.5. The van der Waals surface area contributed by atoms with Gasteiger partial charge in [0.05, 0.1) is 12.0 Å². The second kappa shape index (κ2) is 8.12. The molecule has 0 aliphatic carbocycles. The zero-order valence-electron chi connectivity index (χ0n) is 17.3. The number of rotatable bonds is 5. The van der Waals surface area contributed by atoms with Gasteiger partial charge in [-0.05, 0) is 61.0 Å². The van der Waals surface area contributed by atoms with Crippen LogP contribution >= 0.6 is 0 Å². The molecule has 1 unspecified atom stereocenters. The van der Waals surface area contributed by atoms with Gasteiger partial charge >= 0.3 is 0 Å². The minimum Gasteiger partial charge on any atom is -0.502 e. The number of hydrogen-bond acceptors (Lipinski definition) is 5. The van der Waals surface area contributed by atoms with Crippen LogP contribution in [-0.2, 0) is 14.6 Å². The van der Waals surface area contributed by atoms with Crippen molar-refractivity contribution in [1.82, 2.24) is 0 Å². The predicted molar refractivity (Wildman–Crippen MR) is 118 cm³/mol. The van der Waals surface area contributed by atoms with Crippen LogP contribution in [-0.4, -0.2) is 26.5 Å². The standard InChI is InChI=1S/C24H20FNO5S/c1-15-3-13-20(14-4-15)32(29,30)23-21(16-5-11-19(31-2)12-6-16)26(24(28)22(23)27)18-9-7-17(25)8-10-18/h3-14,21,27H,1-2H3. The number of carbonyl (C=O) groups excluding carboxylic acids is 1. The van der Waals surface area contributed by atoms with E-state index < -0.39 is 38.3 Å². The van der Waals surface area contributed by atoms with Crippen LogP contribution in [0.5, 0.6) is 5.75 Å². The molecule has 1 heterocycles. The van der Waals surface area contributed by atoms with E-state index in [9.17, 15) is 22.7 Å². The van der Waals surface area contributed by atoms with Crippen LogP contribution < -0.4 is 9.64 Å². The van der Waals surface area contributed by atoms with E-state index in [-0.39, 0.29) is 10.6 Å². The molecule has 4 rings (SSSR count). The van der Waals surface area contributed by atoms with E-state index in [4.69, 9.17) is 4.74 Å². The van der Waals surface area contributed by atoms with Crippen molar-refractivity contribution in [2.75, 3.05) is 12.0 Å². The van der Waals surface area contributed by atoms with Crippen molar-refractivity contribution in [1.29, 1.82) is 0 Å². The number of ether oxygens (including phenoxy) is 1. The topological polar surface area (TPSA) is 83.9 Å². The van der Waals surface area contributed by atoms with Gasteiger partial charge in [0, 0.05) is 5.69 Å². The van der Waals surface area contributed by atoms with E-state index in [1.165, 1.54) is 31.4 Å². The van der Waals surface area contributed by atoms with Crippen molar-refractivity contribution < 1.29 is 27.4 Å². The van der Waals surface area contributed by atoms with Gasteiger partial charge in [-0.15, -0.1) is 0 Å². The molecule has 1 aliphatic rings. The largest absolute Gasteiger partial charge is 0.502 e. The number of hydrogen-bond donors (Lipinski definition) is 1. The number of sulfone groups is 1. The number of amides is 1. The number of aliphatic hydroxyl groups is 1. The highest BCUT2D eigenvalue weighted by molar-refractivity contribution is 7.95. The number of methoxy groups -OCH3 is 1. The Labute approximate surface area is 185 Å². The molecule has 3 aromatic carbocycles. The van der Waals surface area contributed by atoms with Gasteiger partial charge < -0.3 is 9.84 Å². The van der Waals surface area contributed by atoms with Crippen LogP contribution in [0, 0.1) is 12.7 Å². The van der Waals surface area contributed by atoms with Gasteiger partial charge in [-0.25, -0.2) is 12.8 Å². The zero-order valence-corrected chi connectivity index (χ0v) is 18.1. The van der Waals surface area contributed by atoms with Gasteiger partial charge in [0.1, 0.15) is 22.5 Å². The second-order valence-electron chi connectivity index (χ2n) is 7.36. The maximum atomic E-state index is 13.6. The number of nitrogens with zero attached hydrogens (tertiary/aromatic N) is 1. The third kappa shape index (κ3) is 3.62. The summed E-state index contributed by atoms with van der Waals surface area (Å²) in [4.78, 5) is 13.8. The Hall–Kier alpha value is -3.65. The minimum absolute atomic E-state index is 0.0445. The Morgan fingerprint density at radius 1 is 0.938 bits per heavy atom. The van der Waals surface area contributed by atoms with Gasteiger partial charge in [-0.3, -0.25) is 9.69 Å². The molecule has 1 amide bonds. The smallest absolute Gasteiger partial charge is 0.295 e. The van der Waals surface area contributed by atoms with Crippen molar-refractivity contribution in [3.8, 4) is 5.75 Å². The third-order valence-electron chi connectivity index (χ3n) is 5.32. The average Bonchev–Trinajstić information content (AvgIpc) is 3.06. The fourth-order valence-electron chi connectivity index (χ4n) is 3.66. The molecule has 6 nitrogen and oxygen atoms in total. The lowest BCUT2D eigenvalue weighted by Gasteiger charge is -2.27. The van der Waals surface area contributed by atoms with E-state index in [2.05, 4.69) is 0 Å². The fourth-order valence-corrected chi connectivity index (χ4v) is 5.28. The lowest BCUT2D eigenvalue weighted by Crippen LogP contribution is -2.31. The Bertz CT molecular complexity index is 1300. The Balaban J connectivity index is 1.92. The number of benzene rings is 3. The van der Waals surface area contributed by atoms with Crippen LogP contribution in [0.1, 0.15) is 17.2 Å². The molecule has 1 N–H and O–H groups in total. The summed E-state index contributed by atoms with van der Waals surface area (Å²) < 4.78 is 45.8. The molecule has 0 radical (unpaired) electrons. The molecule has 0 saturated carbocycles. The molecular weight excluding hydrogens is 433 g/mol. The summed E-state index contributed by atoms with van der Waals surface area (Å²) in [6.45, 7) is 1.82. The number of aryl methyl sites for hydroxylation is 1. The average molecular weight is 453 g/mol. The first-order valence-electron chi connectivity index (χ1n) is 9.72. The van der Waals surface area contributed by atoms with Gasteiger partial charge in [-0.1, -0.05) is 29.8 Å². The highest BCUT2D eigenvalue weighted by atomic mass is 32.2. The predicted octanol–water partition coefficient (Wildman–Crippen LogP) is 4.47. The number of carbonyl (C=O) groups is 1. The lowest BCUT2D eigenvalue weighted by atomic mass is 10.1. The van der Waals surface area contributed by atoms with E-state index in [1.807, 2.05) is 6.92 Å². The van der Waals surface area contributed by atoms with Crippen molar-refractivity contribution in [2.24, 2.45) is 0 Å². The number of anilines is 1. The zero-order chi connectivity index (χ0) is 23.0. The SMILES string of the molecule is COc1ccc(C2C(S(=O)(=O)c3ccc(C)cc3)=C(O)C(=O)N2c2ccc(F)cc2)cc1. The molecule has 0 bridgehead atoms. The molecule has 1 aliphatic heterocycles. The molecule has 0 spiro atoms. The van der Waals surface area contributed by atoms with E-state index in [1.54, 1.807) is 36.4 Å². The molecule has 164 valence electrons. The molecule has 0 aromatic heterocycles. The van der Waals surface area contributed by atoms with E-state index in [0.717, 1.165) is 22.6 Å². The monoisotopic (exact) mass is 453 g/mol. The first-order valence-corrected chi connectivity index (χ1v) is 11.2. The van der Waals surface area contributed by atoms with E-state index >= 15 is 0 Å². The Kier molecular flexibility index (Phi) is 5.48. The molecule has 0 saturated heterocycles. The Morgan fingerprint density at radius 2 is 1.53 bits per heavy atom. The summed E-state index contributed by atoms with van der Waals surface area (Å²) in [6, 6.07) is 16.6. The van der Waals surface area contributed by atoms with Gasteiger partial charge in [0.15, 0.2) is 5.76 Å². The number of aliphatic hydroxyl groups excluding tert-OH is 1. The first kappa shape index (κ1) is 21.6. The van der Waals surface area contributed by atoms with Crippen LogP contribution in [0.3, 0.4) is 0 Å². The van der Waals surface area contributed by atoms with Crippen LogP contribution in [0.4, 0.5) is 10.1 Å². The van der Waals surface area contributed by atoms with Crippen molar-refractivity contribution >= 4 is 21.4 Å². The molecule has 32 heavy (non-hydrogen) atoms. The second-order valence-corrected chi connectivity index (χ2v) is 9.27. The number of halogens is 1. The van der Waals surface area contributed by atoms with E-state index in [0.29, 0.717) is 11.3 Å². The van der Waals surface area contributed by atoms with Crippen molar-refractivity contribution in [3.05, 3.63) is 100 Å². The molecule has 0 fully saturated rings. The van der Waals surface area contributed by atoms with Gasteiger partial charge in [0.2, 0.25) is 9.84 Å². The maximum absolute atomic E-state index is 13.6. The summed E-state index contributed by atoms with van der Waals surface area (Å²) in [5, 5.41) is 10.7. The fraction of sp³-hybridized carbons (Fsp3) is 0.125. The summed E-state index contributed by atoms with van der Waals surface area (Å²) in [5.74, 6) is -1.72. The highest BCUT2D eigenvalue weighted by Crippen LogP contribution is 2.45. The van der Waals surface area contributed by atoms with Crippen molar-refractivity contribution in [2.45, 2.75) is 17.9 Å². The molecule has 1 atom stereocenters. The van der Waals surface area contributed by atoms with Crippen molar-refractivity contribution in [3.63, 3.8) is 0 Å². The maximum Gasteiger partial charge on any atom is 0.295 e.